The van der Waals surface area contributed by atoms with Gasteiger partial charge in [0.15, 0.2) is 6.33 Å². The number of rotatable bonds is 4. The Morgan fingerprint density at radius 3 is 3.07 bits per heavy atom. The van der Waals surface area contributed by atoms with E-state index >= 15 is 0 Å². The first-order valence-corrected chi connectivity index (χ1v) is 4.72. The Labute approximate surface area is 86.3 Å². The van der Waals surface area contributed by atoms with Crippen molar-refractivity contribution in [2.45, 2.75) is 19.3 Å². The predicted octanol–water partition coefficient (Wildman–Crippen LogP) is 0.0321. The molecule has 0 bridgehead atoms. The van der Waals surface area contributed by atoms with Crippen molar-refractivity contribution < 1.29 is 9.32 Å². The molecule has 0 radical (unpaired) electrons. The fraction of sp³-hybridized carbons (Fsp3) is 0.556. The molecular weight excluding hydrogens is 196 g/mol. The zero-order chi connectivity index (χ0) is 10.7. The lowest BCUT2D eigenvalue weighted by Gasteiger charge is -2.05. The minimum atomic E-state index is -0.755. The van der Waals surface area contributed by atoms with Crippen molar-refractivity contribution in [1.29, 1.82) is 5.26 Å². The van der Waals surface area contributed by atoms with Gasteiger partial charge in [-0.1, -0.05) is 5.16 Å². The molecule has 6 heteroatoms. The maximum Gasteiger partial charge on any atom is 0.240 e. The lowest BCUT2D eigenvalue weighted by molar-refractivity contribution is -0.124. The van der Waals surface area contributed by atoms with Gasteiger partial charge in [-0.2, -0.15) is 10.2 Å². The zero-order valence-corrected chi connectivity index (χ0v) is 8.06. The number of aromatic nitrogens is 2. The molecule has 1 aliphatic carbocycles. The summed E-state index contributed by atoms with van der Waals surface area (Å²) in [6, 6.07) is 2.03. The molecule has 0 saturated heterocycles. The number of carbonyl (C=O) groups is 1. The second-order valence-corrected chi connectivity index (χ2v) is 3.53. The maximum atomic E-state index is 11.5. The van der Waals surface area contributed by atoms with E-state index in [2.05, 4.69) is 15.5 Å². The monoisotopic (exact) mass is 206 g/mol. The summed E-state index contributed by atoms with van der Waals surface area (Å²) in [5, 5.41) is 14.9. The summed E-state index contributed by atoms with van der Waals surface area (Å²) in [6.45, 7) is 0.421. The standard InChI is InChI=1S/C9H10N4O2/c10-5-9(2-3-9)8(14)11-4-1-7-12-6-13-15-7/h6H,1-4H2,(H,11,14). The Morgan fingerprint density at radius 1 is 1.73 bits per heavy atom. The Morgan fingerprint density at radius 2 is 2.53 bits per heavy atom. The molecule has 1 aromatic heterocycles. The molecule has 0 spiro atoms. The molecule has 1 amide bonds. The number of amides is 1. The second-order valence-electron chi connectivity index (χ2n) is 3.53. The van der Waals surface area contributed by atoms with Gasteiger partial charge in [0.05, 0.1) is 6.07 Å². The van der Waals surface area contributed by atoms with Gasteiger partial charge in [0.1, 0.15) is 5.41 Å². The molecule has 1 N–H and O–H groups in total. The third-order valence-corrected chi connectivity index (χ3v) is 2.43. The van der Waals surface area contributed by atoms with Crippen LogP contribution in [0.25, 0.3) is 0 Å². The Balaban J connectivity index is 1.75. The fourth-order valence-electron chi connectivity index (χ4n) is 1.27. The molecule has 0 aliphatic heterocycles. The molecule has 15 heavy (non-hydrogen) atoms. The number of hydrogen-bond donors (Lipinski definition) is 1. The number of carbonyl (C=O) groups excluding carboxylic acids is 1. The Hall–Kier alpha value is -1.90. The highest BCUT2D eigenvalue weighted by molar-refractivity contribution is 5.88. The van der Waals surface area contributed by atoms with E-state index in [4.69, 9.17) is 9.78 Å². The van der Waals surface area contributed by atoms with Gasteiger partial charge in [-0.15, -0.1) is 0 Å². The first-order valence-electron chi connectivity index (χ1n) is 4.72. The molecule has 78 valence electrons. The minimum Gasteiger partial charge on any atom is -0.354 e. The minimum absolute atomic E-state index is 0.190. The number of nitrogens with zero attached hydrogens (tertiary/aromatic N) is 3. The SMILES string of the molecule is N#CC1(C(=O)NCCc2ncno2)CC1. The Kier molecular flexibility index (Phi) is 2.37. The summed E-state index contributed by atoms with van der Waals surface area (Å²) in [4.78, 5) is 15.3. The van der Waals surface area contributed by atoms with Crippen LogP contribution in [-0.2, 0) is 11.2 Å². The number of hydrogen-bond acceptors (Lipinski definition) is 5. The van der Waals surface area contributed by atoms with Crippen molar-refractivity contribution in [3.05, 3.63) is 12.2 Å². The van der Waals surface area contributed by atoms with Gasteiger partial charge >= 0.3 is 0 Å². The van der Waals surface area contributed by atoms with Gasteiger partial charge in [-0.05, 0) is 12.8 Å². The third-order valence-electron chi connectivity index (χ3n) is 2.43. The quantitative estimate of drug-likeness (QED) is 0.750. The van der Waals surface area contributed by atoms with Crippen LogP contribution >= 0.6 is 0 Å². The van der Waals surface area contributed by atoms with Crippen molar-refractivity contribution in [3.63, 3.8) is 0 Å². The van der Waals surface area contributed by atoms with Crippen molar-refractivity contribution in [1.82, 2.24) is 15.5 Å². The predicted molar refractivity (Wildman–Crippen MR) is 48.3 cm³/mol. The van der Waals surface area contributed by atoms with E-state index in [1.54, 1.807) is 0 Å². The molecular formula is C9H10N4O2. The largest absolute Gasteiger partial charge is 0.354 e. The van der Waals surface area contributed by atoms with Gasteiger partial charge in [-0.3, -0.25) is 4.79 Å². The molecule has 6 nitrogen and oxygen atoms in total. The molecule has 1 fully saturated rings. The number of nitriles is 1. The summed E-state index contributed by atoms with van der Waals surface area (Å²) in [5.41, 5.74) is -0.755. The van der Waals surface area contributed by atoms with Crippen LogP contribution in [0.15, 0.2) is 10.9 Å². The first-order chi connectivity index (χ1) is 7.27. The van der Waals surface area contributed by atoms with E-state index in [1.165, 1.54) is 6.33 Å². The topological polar surface area (TPSA) is 91.8 Å². The van der Waals surface area contributed by atoms with E-state index in [0.29, 0.717) is 31.7 Å². The molecule has 0 aromatic carbocycles. The lowest BCUT2D eigenvalue weighted by atomic mass is 10.1. The van der Waals surface area contributed by atoms with Crippen LogP contribution in [0.5, 0.6) is 0 Å². The van der Waals surface area contributed by atoms with Crippen LogP contribution in [-0.4, -0.2) is 22.6 Å². The van der Waals surface area contributed by atoms with Crippen LogP contribution in [0, 0.1) is 16.7 Å². The van der Waals surface area contributed by atoms with E-state index in [1.807, 2.05) is 6.07 Å². The van der Waals surface area contributed by atoms with Crippen molar-refractivity contribution in [2.75, 3.05) is 6.54 Å². The molecule has 1 heterocycles. The highest BCUT2D eigenvalue weighted by atomic mass is 16.5. The first kappa shape index (κ1) is 9.65. The summed E-state index contributed by atoms with van der Waals surface area (Å²) in [5.74, 6) is 0.293. The van der Waals surface area contributed by atoms with Crippen LogP contribution in [0.4, 0.5) is 0 Å². The Bertz CT molecular complexity index is 389. The van der Waals surface area contributed by atoms with Gasteiger partial charge in [0.25, 0.3) is 0 Å². The normalized spacial score (nSPS) is 16.7. The second kappa shape index (κ2) is 3.69. The molecule has 0 unspecified atom stereocenters. The van der Waals surface area contributed by atoms with Gasteiger partial charge < -0.3 is 9.84 Å². The maximum absolute atomic E-state index is 11.5. The van der Waals surface area contributed by atoms with Gasteiger partial charge in [0, 0.05) is 13.0 Å². The van der Waals surface area contributed by atoms with Crippen molar-refractivity contribution in [3.8, 4) is 6.07 Å². The molecule has 1 aromatic rings. The highest BCUT2D eigenvalue weighted by Gasteiger charge is 2.50. The molecule has 1 saturated carbocycles. The summed E-state index contributed by atoms with van der Waals surface area (Å²) < 4.78 is 4.77. The molecule has 0 atom stereocenters. The fourth-order valence-corrected chi connectivity index (χ4v) is 1.27. The third kappa shape index (κ3) is 1.96. The van der Waals surface area contributed by atoms with Crippen LogP contribution in [0.3, 0.4) is 0 Å². The summed E-state index contributed by atoms with van der Waals surface area (Å²) >= 11 is 0. The van der Waals surface area contributed by atoms with Gasteiger partial charge in [0.2, 0.25) is 11.8 Å². The number of nitrogens with one attached hydrogen (secondary N) is 1. The van der Waals surface area contributed by atoms with Crippen LogP contribution < -0.4 is 5.32 Å². The molecule has 1 aliphatic rings. The summed E-state index contributed by atoms with van der Waals surface area (Å²) in [7, 11) is 0. The van der Waals surface area contributed by atoms with E-state index < -0.39 is 5.41 Å². The smallest absolute Gasteiger partial charge is 0.240 e. The van der Waals surface area contributed by atoms with Gasteiger partial charge in [-0.25, -0.2) is 0 Å². The average Bonchev–Trinajstić information content (AvgIpc) is 2.90. The summed E-state index contributed by atoms with van der Waals surface area (Å²) in [6.07, 6.45) is 3.13. The van der Waals surface area contributed by atoms with E-state index in [0.717, 1.165) is 0 Å². The van der Waals surface area contributed by atoms with E-state index in [-0.39, 0.29) is 5.91 Å². The van der Waals surface area contributed by atoms with Crippen LogP contribution in [0.1, 0.15) is 18.7 Å². The van der Waals surface area contributed by atoms with E-state index in [9.17, 15) is 4.79 Å². The van der Waals surface area contributed by atoms with Crippen molar-refractivity contribution in [2.24, 2.45) is 5.41 Å². The van der Waals surface area contributed by atoms with Crippen LogP contribution in [0.2, 0.25) is 0 Å². The molecule has 2 rings (SSSR count). The van der Waals surface area contributed by atoms with Crippen molar-refractivity contribution >= 4 is 5.91 Å². The lowest BCUT2D eigenvalue weighted by Crippen LogP contribution is -2.32. The highest BCUT2D eigenvalue weighted by Crippen LogP contribution is 2.44. The average molecular weight is 206 g/mol. The zero-order valence-electron chi connectivity index (χ0n) is 8.06.